The van der Waals surface area contributed by atoms with Gasteiger partial charge in [0, 0.05) is 18.6 Å². The second-order valence-corrected chi connectivity index (χ2v) is 6.53. The topological polar surface area (TPSA) is 118 Å². The zero-order valence-corrected chi connectivity index (χ0v) is 11.3. The molecule has 0 saturated carbocycles. The molecule has 0 aliphatic carbocycles. The van der Waals surface area contributed by atoms with Gasteiger partial charge in [-0.2, -0.15) is 0 Å². The van der Waals surface area contributed by atoms with Crippen molar-refractivity contribution in [3.05, 3.63) is 18.2 Å². The Morgan fingerprint density at radius 2 is 2.00 bits per heavy atom. The van der Waals surface area contributed by atoms with Gasteiger partial charge < -0.3 is 16.2 Å². The summed E-state index contributed by atoms with van der Waals surface area (Å²) in [5.74, 6) is 0. The highest BCUT2D eigenvalue weighted by molar-refractivity contribution is 7.89. The highest BCUT2D eigenvalue weighted by Crippen LogP contribution is 2.23. The highest BCUT2D eigenvalue weighted by Gasteiger charge is 2.17. The van der Waals surface area contributed by atoms with Gasteiger partial charge in [0.2, 0.25) is 10.0 Å². The molecule has 0 atom stereocenters. The quantitative estimate of drug-likeness (QED) is 0.577. The Morgan fingerprint density at radius 1 is 1.39 bits per heavy atom. The third-order valence-corrected chi connectivity index (χ3v) is 3.45. The minimum absolute atomic E-state index is 0.0213. The summed E-state index contributed by atoms with van der Waals surface area (Å²) in [4.78, 5) is -0.0213. The summed E-state index contributed by atoms with van der Waals surface area (Å²) >= 11 is 0. The molecule has 0 radical (unpaired) electrons. The van der Waals surface area contributed by atoms with Crippen LogP contribution in [0.15, 0.2) is 23.1 Å². The fourth-order valence-corrected chi connectivity index (χ4v) is 1.82. The van der Waals surface area contributed by atoms with Crippen molar-refractivity contribution in [3.63, 3.8) is 0 Å². The molecule has 1 aromatic rings. The van der Waals surface area contributed by atoms with Crippen LogP contribution >= 0.6 is 0 Å². The lowest BCUT2D eigenvalue weighted by Crippen LogP contribution is -2.27. The largest absolute Gasteiger partial charge is 0.397 e. The van der Waals surface area contributed by atoms with E-state index in [0.29, 0.717) is 17.9 Å². The number of anilines is 2. The summed E-state index contributed by atoms with van der Waals surface area (Å²) in [6.07, 6.45) is 0. The number of aliphatic hydroxyl groups excluding tert-OH is 1. The molecule has 18 heavy (non-hydrogen) atoms. The molecule has 102 valence electrons. The summed E-state index contributed by atoms with van der Waals surface area (Å²) < 4.78 is 22.3. The molecule has 0 unspecified atom stereocenters. The van der Waals surface area contributed by atoms with Gasteiger partial charge >= 0.3 is 0 Å². The van der Waals surface area contributed by atoms with Crippen molar-refractivity contribution in [2.75, 3.05) is 24.2 Å². The Bertz CT molecular complexity index is 526. The number of rotatable bonds is 5. The Kier molecular flexibility index (Phi) is 4.20. The predicted molar refractivity (Wildman–Crippen MR) is 71.6 cm³/mol. The molecule has 0 aromatic heterocycles. The van der Waals surface area contributed by atoms with Gasteiger partial charge in [-0.3, -0.25) is 0 Å². The molecule has 0 bridgehead atoms. The Balaban J connectivity index is 2.88. The van der Waals surface area contributed by atoms with E-state index < -0.39 is 10.0 Å². The number of hydrogen-bond donors (Lipinski definition) is 4. The predicted octanol–water partition coefficient (Wildman–Crippen LogP) is 0.347. The molecule has 7 heteroatoms. The normalized spacial score (nSPS) is 12.4. The van der Waals surface area contributed by atoms with Crippen molar-refractivity contribution < 1.29 is 13.5 Å². The van der Waals surface area contributed by atoms with E-state index >= 15 is 0 Å². The zero-order valence-electron chi connectivity index (χ0n) is 10.5. The van der Waals surface area contributed by atoms with E-state index in [0.717, 1.165) is 0 Å². The molecular formula is C11H19N3O3S. The molecular weight excluding hydrogens is 254 g/mol. The number of benzene rings is 1. The van der Waals surface area contributed by atoms with Crippen LogP contribution in [0.5, 0.6) is 0 Å². The molecule has 0 heterocycles. The summed E-state index contributed by atoms with van der Waals surface area (Å²) in [5.41, 5.74) is 6.37. The van der Waals surface area contributed by atoms with Gasteiger partial charge in [0.1, 0.15) is 0 Å². The van der Waals surface area contributed by atoms with E-state index in [9.17, 15) is 8.42 Å². The van der Waals surface area contributed by atoms with Gasteiger partial charge in [-0.15, -0.1) is 0 Å². The third kappa shape index (κ3) is 3.86. The lowest BCUT2D eigenvalue weighted by Gasteiger charge is -2.23. The van der Waals surface area contributed by atoms with Gasteiger partial charge in [0.25, 0.3) is 0 Å². The molecule has 0 aliphatic heterocycles. The molecule has 0 fully saturated rings. The maximum absolute atomic E-state index is 11.1. The molecule has 6 N–H and O–H groups in total. The monoisotopic (exact) mass is 273 g/mol. The fraction of sp³-hybridized carbons (Fsp3) is 0.455. The van der Waals surface area contributed by atoms with Gasteiger partial charge in [-0.05, 0) is 18.2 Å². The lowest BCUT2D eigenvalue weighted by atomic mass is 9.95. The summed E-state index contributed by atoms with van der Waals surface area (Å²) in [7, 11) is -3.74. The van der Waals surface area contributed by atoms with E-state index in [2.05, 4.69) is 5.32 Å². The van der Waals surface area contributed by atoms with Crippen LogP contribution in [0, 0.1) is 5.41 Å². The summed E-state index contributed by atoms with van der Waals surface area (Å²) in [5, 5.41) is 17.2. The average molecular weight is 273 g/mol. The summed E-state index contributed by atoms with van der Waals surface area (Å²) in [6.45, 7) is 4.35. The average Bonchev–Trinajstić information content (AvgIpc) is 2.26. The van der Waals surface area contributed by atoms with Crippen LogP contribution in [0.3, 0.4) is 0 Å². The van der Waals surface area contributed by atoms with Gasteiger partial charge in [0.15, 0.2) is 0 Å². The Labute approximate surface area is 107 Å². The Morgan fingerprint density at radius 3 is 2.44 bits per heavy atom. The maximum Gasteiger partial charge on any atom is 0.238 e. The SMILES string of the molecule is CC(C)(CO)CNc1ccc(S(N)(=O)=O)cc1N. The number of nitrogens with one attached hydrogen (secondary N) is 1. The van der Waals surface area contributed by atoms with Crippen LogP contribution in [0.4, 0.5) is 11.4 Å². The molecule has 6 nitrogen and oxygen atoms in total. The van der Waals surface area contributed by atoms with Crippen molar-refractivity contribution in [2.45, 2.75) is 18.7 Å². The van der Waals surface area contributed by atoms with E-state index in [1.54, 1.807) is 6.07 Å². The molecule has 1 aromatic carbocycles. The molecule has 0 amide bonds. The minimum Gasteiger partial charge on any atom is -0.397 e. The number of nitrogen functional groups attached to an aromatic ring is 1. The third-order valence-electron chi connectivity index (χ3n) is 2.54. The van der Waals surface area contributed by atoms with E-state index in [4.69, 9.17) is 16.0 Å². The van der Waals surface area contributed by atoms with Gasteiger partial charge in [-0.25, -0.2) is 13.6 Å². The van der Waals surface area contributed by atoms with Crippen molar-refractivity contribution in [3.8, 4) is 0 Å². The second-order valence-electron chi connectivity index (χ2n) is 4.97. The first-order valence-corrected chi connectivity index (χ1v) is 6.97. The maximum atomic E-state index is 11.1. The van der Waals surface area contributed by atoms with Gasteiger partial charge in [0.05, 0.1) is 16.3 Å². The summed E-state index contributed by atoms with van der Waals surface area (Å²) in [6, 6.07) is 4.26. The number of nitrogens with two attached hydrogens (primary N) is 2. The zero-order chi connectivity index (χ0) is 14.0. The number of aliphatic hydroxyl groups is 1. The smallest absolute Gasteiger partial charge is 0.238 e. The molecule has 0 saturated heterocycles. The molecule has 1 rings (SSSR count). The van der Waals surface area contributed by atoms with Crippen molar-refractivity contribution >= 4 is 21.4 Å². The van der Waals surface area contributed by atoms with Crippen LogP contribution < -0.4 is 16.2 Å². The molecule has 0 spiro atoms. The van der Waals surface area contributed by atoms with Crippen molar-refractivity contribution in [1.29, 1.82) is 0 Å². The van der Waals surface area contributed by atoms with Crippen LogP contribution in [0.25, 0.3) is 0 Å². The minimum atomic E-state index is -3.74. The van der Waals surface area contributed by atoms with Crippen LogP contribution in [-0.2, 0) is 10.0 Å². The second kappa shape index (κ2) is 5.13. The van der Waals surface area contributed by atoms with Gasteiger partial charge in [-0.1, -0.05) is 13.8 Å². The first-order chi connectivity index (χ1) is 8.15. The fourth-order valence-electron chi connectivity index (χ4n) is 1.27. The van der Waals surface area contributed by atoms with Crippen LogP contribution in [-0.4, -0.2) is 26.7 Å². The number of hydrogen-bond acceptors (Lipinski definition) is 5. The van der Waals surface area contributed by atoms with E-state index in [1.165, 1.54) is 12.1 Å². The van der Waals surface area contributed by atoms with E-state index in [-0.39, 0.29) is 16.9 Å². The standard InChI is InChI=1S/C11H19N3O3S/c1-11(2,7-15)6-14-10-4-3-8(5-9(10)12)18(13,16)17/h3-5,14-15H,6-7,12H2,1-2H3,(H2,13,16,17). The van der Waals surface area contributed by atoms with Crippen molar-refractivity contribution in [1.82, 2.24) is 0 Å². The van der Waals surface area contributed by atoms with Crippen LogP contribution in [0.2, 0.25) is 0 Å². The highest BCUT2D eigenvalue weighted by atomic mass is 32.2. The first kappa shape index (κ1) is 14.7. The number of primary sulfonamides is 1. The number of sulfonamides is 1. The lowest BCUT2D eigenvalue weighted by molar-refractivity contribution is 0.171. The van der Waals surface area contributed by atoms with Crippen molar-refractivity contribution in [2.24, 2.45) is 10.6 Å². The molecule has 0 aliphatic rings. The van der Waals surface area contributed by atoms with Crippen LogP contribution in [0.1, 0.15) is 13.8 Å². The first-order valence-electron chi connectivity index (χ1n) is 5.43. The van der Waals surface area contributed by atoms with E-state index in [1.807, 2.05) is 13.8 Å². The Hall–Kier alpha value is -1.31.